The van der Waals surface area contributed by atoms with Gasteiger partial charge in [0.2, 0.25) is 5.82 Å². The highest BCUT2D eigenvalue weighted by Crippen LogP contribution is 2.45. The summed E-state index contributed by atoms with van der Waals surface area (Å²) in [5, 5.41) is 11.0. The second kappa shape index (κ2) is 8.89. The van der Waals surface area contributed by atoms with E-state index in [1.54, 1.807) is 18.6 Å². The Balaban J connectivity index is 1.26. The molecule has 1 amide bonds. The average Bonchev–Trinajstić information content (AvgIpc) is 3.75. The van der Waals surface area contributed by atoms with Crippen LogP contribution in [0.4, 0.5) is 5.82 Å². The number of nitrogens with zero attached hydrogens (tertiary/aromatic N) is 9. The van der Waals surface area contributed by atoms with Crippen LogP contribution in [-0.4, -0.2) is 82.0 Å². The minimum Gasteiger partial charge on any atom is -0.383 e. The highest BCUT2D eigenvalue weighted by atomic mass is 16.2. The number of aliphatic imine (C=N–C) groups is 2. The number of carbonyl (C=O) groups is 2. The van der Waals surface area contributed by atoms with E-state index in [1.807, 2.05) is 17.0 Å². The van der Waals surface area contributed by atoms with Gasteiger partial charge in [-0.25, -0.2) is 15.0 Å². The third-order valence-electron chi connectivity index (χ3n) is 7.87. The lowest BCUT2D eigenvalue weighted by Crippen LogP contribution is -2.46. The molecule has 4 aromatic rings. The Morgan fingerprint density at radius 1 is 1.10 bits per heavy atom. The normalized spacial score (nSPS) is 22.0. The predicted molar refractivity (Wildman–Crippen MR) is 142 cm³/mol. The lowest BCUT2D eigenvalue weighted by Gasteiger charge is -2.38. The van der Waals surface area contributed by atoms with E-state index in [2.05, 4.69) is 35.2 Å². The summed E-state index contributed by atoms with van der Waals surface area (Å²) in [4.78, 5) is 50.1. The lowest BCUT2D eigenvalue weighted by atomic mass is 9.85. The molecular formula is C26H25N11O2. The second-order valence-corrected chi connectivity index (χ2v) is 10.1. The van der Waals surface area contributed by atoms with Crippen LogP contribution in [0.2, 0.25) is 0 Å². The molecule has 2 fully saturated rings. The van der Waals surface area contributed by atoms with Gasteiger partial charge in [0.1, 0.15) is 17.8 Å². The van der Waals surface area contributed by atoms with Gasteiger partial charge in [0.15, 0.2) is 17.3 Å². The number of hydrogen-bond acceptors (Lipinski definition) is 10. The SMILES string of the molecule is CC(=O)c1c(C2C[C@H]3CC[C@@H](C2)N3C(=O)c2ncn[nH]2)nc2c(-c3ccc(C4=NCC=N4)nc3)cnn2c1N. The number of H-pyrrole nitrogens is 1. The van der Waals surface area contributed by atoms with Crippen LogP contribution < -0.4 is 5.73 Å². The van der Waals surface area contributed by atoms with Crippen LogP contribution in [0, 0.1) is 0 Å². The van der Waals surface area contributed by atoms with Crippen molar-refractivity contribution in [3.05, 3.63) is 53.6 Å². The van der Waals surface area contributed by atoms with Crippen LogP contribution in [0.1, 0.15) is 70.9 Å². The number of carbonyl (C=O) groups excluding carboxylic acids is 2. The van der Waals surface area contributed by atoms with Gasteiger partial charge in [0.05, 0.1) is 24.0 Å². The zero-order chi connectivity index (χ0) is 26.7. The van der Waals surface area contributed by atoms with E-state index < -0.39 is 0 Å². The molecule has 3 atom stereocenters. The topological polar surface area (TPSA) is 173 Å². The monoisotopic (exact) mass is 523 g/mol. The Labute approximate surface area is 222 Å². The van der Waals surface area contributed by atoms with Crippen LogP contribution in [-0.2, 0) is 0 Å². The molecule has 0 aromatic carbocycles. The molecule has 0 radical (unpaired) electrons. The predicted octanol–water partition coefficient (Wildman–Crippen LogP) is 2.08. The van der Waals surface area contributed by atoms with Crippen molar-refractivity contribution < 1.29 is 9.59 Å². The summed E-state index contributed by atoms with van der Waals surface area (Å²) < 4.78 is 1.52. The summed E-state index contributed by atoms with van der Waals surface area (Å²) in [6.45, 7) is 2.06. The van der Waals surface area contributed by atoms with E-state index in [9.17, 15) is 9.59 Å². The number of fused-ring (bicyclic) bond motifs is 3. The molecule has 0 aliphatic carbocycles. The molecule has 0 spiro atoms. The minimum absolute atomic E-state index is 0.0210. The molecule has 2 bridgehead atoms. The quantitative estimate of drug-likeness (QED) is 0.374. The fourth-order valence-corrected chi connectivity index (χ4v) is 6.18. The molecule has 0 saturated carbocycles. The first kappa shape index (κ1) is 23.3. The van der Waals surface area contributed by atoms with Crippen LogP contribution in [0.3, 0.4) is 0 Å². The summed E-state index contributed by atoms with van der Waals surface area (Å²) in [5.41, 5.74) is 10.4. The van der Waals surface area contributed by atoms with Crippen molar-refractivity contribution in [1.82, 2.24) is 39.7 Å². The molecule has 2 saturated heterocycles. The first-order valence-corrected chi connectivity index (χ1v) is 12.9. The fraction of sp³-hybridized carbons (Fsp3) is 0.346. The average molecular weight is 524 g/mol. The number of amidine groups is 1. The molecule has 39 heavy (non-hydrogen) atoms. The van der Waals surface area contributed by atoms with Gasteiger partial charge in [-0.1, -0.05) is 6.07 Å². The third-order valence-corrected chi connectivity index (χ3v) is 7.87. The first-order chi connectivity index (χ1) is 19.0. The molecule has 3 aliphatic heterocycles. The Morgan fingerprint density at radius 3 is 2.56 bits per heavy atom. The Morgan fingerprint density at radius 2 is 1.92 bits per heavy atom. The smallest absolute Gasteiger partial charge is 0.291 e. The van der Waals surface area contributed by atoms with Gasteiger partial charge in [0.25, 0.3) is 5.91 Å². The standard InChI is InChI=1S/C26H25N11O2/c1-13(38)20-21(15-8-16-3-4-17(9-15)36(16)26(39)24-31-12-32-35-24)34-25-18(11-33-37(25)22(20)27)14-2-5-19(30-10-14)23-28-6-7-29-23/h2,5-6,10-12,15-17H,3-4,7-9,27H2,1H3,(H,31,32,35)/t15?,16-,17+. The maximum Gasteiger partial charge on any atom is 0.291 e. The summed E-state index contributed by atoms with van der Waals surface area (Å²) in [6, 6.07) is 3.84. The van der Waals surface area contributed by atoms with E-state index in [-0.39, 0.29) is 41.3 Å². The van der Waals surface area contributed by atoms with Crippen LogP contribution >= 0.6 is 0 Å². The largest absolute Gasteiger partial charge is 0.383 e. The molecule has 13 nitrogen and oxygen atoms in total. The number of nitrogens with one attached hydrogen (secondary N) is 1. The minimum atomic E-state index is -0.162. The van der Waals surface area contributed by atoms with Crippen LogP contribution in [0.15, 0.2) is 40.8 Å². The van der Waals surface area contributed by atoms with Gasteiger partial charge in [-0.3, -0.25) is 24.7 Å². The van der Waals surface area contributed by atoms with Crippen molar-refractivity contribution in [2.45, 2.75) is 50.6 Å². The first-order valence-electron chi connectivity index (χ1n) is 12.9. The van der Waals surface area contributed by atoms with Crippen molar-refractivity contribution in [3.63, 3.8) is 0 Å². The Kier molecular flexibility index (Phi) is 5.32. The summed E-state index contributed by atoms with van der Waals surface area (Å²) in [7, 11) is 0. The highest BCUT2D eigenvalue weighted by Gasteiger charge is 2.45. The molecule has 4 aromatic heterocycles. The fourth-order valence-electron chi connectivity index (χ4n) is 6.18. The van der Waals surface area contributed by atoms with Crippen LogP contribution in [0.5, 0.6) is 0 Å². The van der Waals surface area contributed by atoms with E-state index in [0.29, 0.717) is 47.8 Å². The Hall–Kier alpha value is -4.81. The molecule has 7 rings (SSSR count). The molecular weight excluding hydrogens is 498 g/mol. The van der Waals surface area contributed by atoms with Gasteiger partial charge in [0, 0.05) is 41.5 Å². The maximum atomic E-state index is 13.1. The van der Waals surface area contributed by atoms with Crippen molar-refractivity contribution in [2.24, 2.45) is 9.98 Å². The van der Waals surface area contributed by atoms with Gasteiger partial charge in [-0.05, 0) is 38.7 Å². The molecule has 196 valence electrons. The maximum absolute atomic E-state index is 13.1. The number of pyridine rings is 1. The number of aromatic amines is 1. The van der Waals surface area contributed by atoms with Gasteiger partial charge < -0.3 is 10.6 Å². The van der Waals surface area contributed by atoms with E-state index in [4.69, 9.17) is 10.7 Å². The van der Waals surface area contributed by atoms with Crippen molar-refractivity contribution >= 4 is 35.2 Å². The number of rotatable bonds is 5. The van der Waals surface area contributed by atoms with Crippen molar-refractivity contribution in [1.29, 1.82) is 0 Å². The van der Waals surface area contributed by atoms with E-state index in [1.165, 1.54) is 17.8 Å². The van der Waals surface area contributed by atoms with Crippen molar-refractivity contribution in [2.75, 3.05) is 12.3 Å². The van der Waals surface area contributed by atoms with E-state index >= 15 is 0 Å². The van der Waals surface area contributed by atoms with Gasteiger partial charge >= 0.3 is 0 Å². The number of amides is 1. The Bertz CT molecular complexity index is 1660. The molecule has 3 aliphatic rings. The number of anilines is 1. The number of hydrogen-bond donors (Lipinski definition) is 2. The van der Waals surface area contributed by atoms with E-state index in [0.717, 1.165) is 24.0 Å². The van der Waals surface area contributed by atoms with Crippen molar-refractivity contribution in [3.8, 4) is 11.1 Å². The zero-order valence-electron chi connectivity index (χ0n) is 21.2. The summed E-state index contributed by atoms with van der Waals surface area (Å²) in [5.74, 6) is 0.783. The number of aromatic nitrogens is 7. The van der Waals surface area contributed by atoms with Crippen LogP contribution in [0.25, 0.3) is 16.8 Å². The number of nitrogens with two attached hydrogens (primary N) is 1. The summed E-state index contributed by atoms with van der Waals surface area (Å²) >= 11 is 0. The number of ketones is 1. The zero-order valence-corrected chi connectivity index (χ0v) is 21.2. The molecule has 3 N–H and O–H groups in total. The third kappa shape index (κ3) is 3.72. The molecule has 13 heteroatoms. The summed E-state index contributed by atoms with van der Waals surface area (Å²) in [6.07, 6.45) is 9.66. The number of piperidine rings is 1. The van der Waals surface area contributed by atoms with Gasteiger partial charge in [-0.2, -0.15) is 14.7 Å². The molecule has 7 heterocycles. The number of nitrogen functional groups attached to an aromatic ring is 1. The lowest BCUT2D eigenvalue weighted by molar-refractivity contribution is 0.0556. The highest BCUT2D eigenvalue weighted by molar-refractivity contribution is 6.05. The second-order valence-electron chi connectivity index (χ2n) is 10.1. The van der Waals surface area contributed by atoms with Gasteiger partial charge in [-0.15, -0.1) is 0 Å². The number of Topliss-reactive ketones (excluding diaryl/α,β-unsaturated/α-hetero) is 1. The molecule has 1 unspecified atom stereocenters.